The van der Waals surface area contributed by atoms with Crippen LogP contribution in [0.5, 0.6) is 0 Å². The number of hydrogen-bond acceptors (Lipinski definition) is 10. The summed E-state index contributed by atoms with van der Waals surface area (Å²) >= 11 is 0. The van der Waals surface area contributed by atoms with Crippen LogP contribution in [-0.4, -0.2) is 92.1 Å². The highest BCUT2D eigenvalue weighted by molar-refractivity contribution is 5.69. The Balaban J connectivity index is 1.68. The van der Waals surface area contributed by atoms with Gasteiger partial charge in [0.2, 0.25) is 0 Å². The van der Waals surface area contributed by atoms with Crippen LogP contribution in [-0.2, 0) is 28.7 Å². The largest absolute Gasteiger partial charge is 0.462 e. The summed E-state index contributed by atoms with van der Waals surface area (Å²) in [5.41, 5.74) is -2.25. The number of unbranched alkanes of at least 4 members (excludes halogenated alkanes) is 1. The molecule has 0 radical (unpaired) electrons. The molecule has 2 rings (SSSR count). The zero-order valence-corrected chi connectivity index (χ0v) is 28.0. The van der Waals surface area contributed by atoms with Gasteiger partial charge in [-0.05, 0) is 109 Å². The number of carbonyl (C=O) groups excluding carboxylic acids is 1. The van der Waals surface area contributed by atoms with Crippen molar-refractivity contribution in [3.63, 3.8) is 0 Å². The molecule has 0 amide bonds. The summed E-state index contributed by atoms with van der Waals surface area (Å²) in [6, 6.07) is 0. The number of carbonyl (C=O) groups is 1. The summed E-state index contributed by atoms with van der Waals surface area (Å²) in [4.78, 5) is 24.5. The topological polar surface area (TPSA) is 110 Å². The van der Waals surface area contributed by atoms with Gasteiger partial charge in [0.15, 0.2) is 5.79 Å². The van der Waals surface area contributed by atoms with Crippen LogP contribution in [0.4, 0.5) is 0 Å². The SMILES string of the molecule is CC(C)(O)CON1C(C)(C)CC(OCOCCCCC(=O)OC2CC(C)(C)N(OC(C)(C)O)C(C)(C)C2)CC1(C)C. The minimum atomic E-state index is -1.29. The van der Waals surface area contributed by atoms with Crippen LogP contribution in [0, 0.1) is 0 Å². The molecule has 41 heavy (non-hydrogen) atoms. The number of ether oxygens (including phenoxy) is 3. The molecule has 0 spiro atoms. The quantitative estimate of drug-likeness (QED) is 0.162. The first-order valence-corrected chi connectivity index (χ1v) is 15.2. The van der Waals surface area contributed by atoms with Crippen molar-refractivity contribution in [1.29, 1.82) is 0 Å². The van der Waals surface area contributed by atoms with Crippen LogP contribution < -0.4 is 0 Å². The number of aliphatic hydroxyl groups is 2. The first kappa shape index (κ1) is 36.3. The molecular weight excluding hydrogens is 528 g/mol. The number of rotatable bonds is 14. The monoisotopic (exact) mass is 588 g/mol. The van der Waals surface area contributed by atoms with E-state index in [0.29, 0.717) is 32.3 Å². The van der Waals surface area contributed by atoms with Crippen LogP contribution in [0.15, 0.2) is 0 Å². The fourth-order valence-corrected chi connectivity index (χ4v) is 6.51. The second kappa shape index (κ2) is 13.4. The number of nitrogens with zero attached hydrogens (tertiary/aromatic N) is 2. The first-order valence-electron chi connectivity index (χ1n) is 15.2. The van der Waals surface area contributed by atoms with E-state index in [1.165, 1.54) is 0 Å². The second-order valence-electron chi connectivity index (χ2n) is 15.7. The van der Waals surface area contributed by atoms with E-state index in [2.05, 4.69) is 27.7 Å². The predicted octanol–water partition coefficient (Wildman–Crippen LogP) is 5.10. The molecular formula is C31H60N2O8. The smallest absolute Gasteiger partial charge is 0.306 e. The fourth-order valence-electron chi connectivity index (χ4n) is 6.51. The van der Waals surface area contributed by atoms with E-state index in [9.17, 15) is 15.0 Å². The van der Waals surface area contributed by atoms with Gasteiger partial charge in [-0.3, -0.25) is 14.5 Å². The Hall–Kier alpha value is -0.850. The highest BCUT2D eigenvalue weighted by Gasteiger charge is 2.50. The fraction of sp³-hybridized carbons (Fsp3) is 0.968. The van der Waals surface area contributed by atoms with E-state index >= 15 is 0 Å². The molecule has 0 aromatic heterocycles. The Labute approximate surface area is 248 Å². The third kappa shape index (κ3) is 11.6. The lowest BCUT2D eigenvalue weighted by Crippen LogP contribution is -2.63. The van der Waals surface area contributed by atoms with Gasteiger partial charge >= 0.3 is 5.97 Å². The molecule has 2 heterocycles. The predicted molar refractivity (Wildman–Crippen MR) is 158 cm³/mol. The molecule has 2 aliphatic heterocycles. The van der Waals surface area contributed by atoms with Gasteiger partial charge in [0, 0.05) is 48.0 Å². The first-order chi connectivity index (χ1) is 18.4. The van der Waals surface area contributed by atoms with E-state index in [4.69, 9.17) is 23.9 Å². The molecule has 2 N–H and O–H groups in total. The lowest BCUT2D eigenvalue weighted by Gasteiger charge is -2.54. The standard InChI is InChI=1S/C31H60N2O8/c1-26(2)17-23(18-27(3,4)32(26)39-21-30(9,10)35)38-22-37-16-14-13-15-25(34)40-24-19-28(5,6)33(29(7,8)20-24)41-31(11,12)36/h23-24,35-36H,13-22H2,1-12H3. The summed E-state index contributed by atoms with van der Waals surface area (Å²) in [6.45, 7) is 24.3. The molecule has 0 aromatic rings. The molecule has 242 valence electrons. The van der Waals surface area contributed by atoms with Crippen LogP contribution in [0.25, 0.3) is 0 Å². The van der Waals surface area contributed by atoms with Crippen LogP contribution in [0.2, 0.25) is 0 Å². The average molecular weight is 589 g/mol. The van der Waals surface area contributed by atoms with Gasteiger partial charge in [0.05, 0.1) is 18.3 Å². The molecule has 0 aliphatic carbocycles. The van der Waals surface area contributed by atoms with Gasteiger partial charge in [-0.1, -0.05) is 0 Å². The maximum absolute atomic E-state index is 12.6. The molecule has 0 saturated carbocycles. The van der Waals surface area contributed by atoms with Crippen molar-refractivity contribution in [2.75, 3.05) is 20.0 Å². The van der Waals surface area contributed by atoms with Gasteiger partial charge in [0.25, 0.3) is 0 Å². The highest BCUT2D eigenvalue weighted by atomic mass is 16.8. The van der Waals surface area contributed by atoms with Crippen molar-refractivity contribution in [1.82, 2.24) is 10.1 Å². The van der Waals surface area contributed by atoms with Gasteiger partial charge < -0.3 is 24.4 Å². The van der Waals surface area contributed by atoms with E-state index in [1.54, 1.807) is 27.7 Å². The van der Waals surface area contributed by atoms with Gasteiger partial charge in [0.1, 0.15) is 12.9 Å². The maximum Gasteiger partial charge on any atom is 0.306 e. The number of hydroxylamine groups is 4. The zero-order valence-electron chi connectivity index (χ0n) is 28.0. The molecule has 10 heteroatoms. The summed E-state index contributed by atoms with van der Waals surface area (Å²) in [6.07, 6.45) is 4.41. The number of esters is 1. The van der Waals surface area contributed by atoms with Gasteiger partial charge in [-0.25, -0.2) is 0 Å². The molecule has 0 aromatic carbocycles. The minimum absolute atomic E-state index is 0.0331. The van der Waals surface area contributed by atoms with Crippen LogP contribution in [0.1, 0.15) is 128 Å². The molecule has 2 aliphatic rings. The minimum Gasteiger partial charge on any atom is -0.462 e. The van der Waals surface area contributed by atoms with Crippen LogP contribution in [0.3, 0.4) is 0 Å². The van der Waals surface area contributed by atoms with Crippen molar-refractivity contribution >= 4 is 5.97 Å². The summed E-state index contributed by atoms with van der Waals surface area (Å²) < 4.78 is 17.7. The van der Waals surface area contributed by atoms with Crippen molar-refractivity contribution in [3.05, 3.63) is 0 Å². The highest BCUT2D eigenvalue weighted by Crippen LogP contribution is 2.42. The number of piperidine rings is 2. The molecule has 2 fully saturated rings. The zero-order chi connectivity index (χ0) is 31.5. The Morgan fingerprint density at radius 1 is 0.780 bits per heavy atom. The lowest BCUT2D eigenvalue weighted by molar-refractivity contribution is -0.384. The molecule has 2 saturated heterocycles. The maximum atomic E-state index is 12.6. The third-order valence-electron chi connectivity index (χ3n) is 7.57. The summed E-state index contributed by atoms with van der Waals surface area (Å²) in [5.74, 6) is -1.49. The molecule has 0 atom stereocenters. The molecule has 10 nitrogen and oxygen atoms in total. The Bertz CT molecular complexity index is 808. The van der Waals surface area contributed by atoms with Crippen molar-refractivity contribution in [2.45, 2.75) is 174 Å². The second-order valence-corrected chi connectivity index (χ2v) is 15.7. The molecule has 0 unspecified atom stereocenters. The van der Waals surface area contributed by atoms with Crippen molar-refractivity contribution < 1.29 is 38.9 Å². The Morgan fingerprint density at radius 3 is 1.76 bits per heavy atom. The van der Waals surface area contributed by atoms with Crippen LogP contribution >= 0.6 is 0 Å². The third-order valence-corrected chi connectivity index (χ3v) is 7.57. The van der Waals surface area contributed by atoms with E-state index in [1.807, 2.05) is 37.8 Å². The van der Waals surface area contributed by atoms with E-state index in [-0.39, 0.29) is 42.7 Å². The van der Waals surface area contributed by atoms with Gasteiger partial charge in [-0.15, -0.1) is 0 Å². The summed E-state index contributed by atoms with van der Waals surface area (Å²) in [7, 11) is 0. The van der Waals surface area contributed by atoms with Crippen molar-refractivity contribution in [2.24, 2.45) is 0 Å². The summed E-state index contributed by atoms with van der Waals surface area (Å²) in [5, 5.41) is 24.1. The normalized spacial score (nSPS) is 24.0. The van der Waals surface area contributed by atoms with Crippen molar-refractivity contribution in [3.8, 4) is 0 Å². The molecule has 0 bridgehead atoms. The average Bonchev–Trinajstić information content (AvgIpc) is 2.72. The van der Waals surface area contributed by atoms with E-state index in [0.717, 1.165) is 19.3 Å². The van der Waals surface area contributed by atoms with Gasteiger partial charge in [-0.2, -0.15) is 10.1 Å². The number of hydrogen-bond donors (Lipinski definition) is 2. The lowest BCUT2D eigenvalue weighted by atomic mass is 9.80. The Morgan fingerprint density at radius 2 is 1.27 bits per heavy atom. The van der Waals surface area contributed by atoms with E-state index < -0.39 is 22.5 Å². The Kier molecular flexibility index (Phi) is 11.9.